The van der Waals surface area contributed by atoms with E-state index in [-0.39, 0.29) is 44.6 Å². The monoisotopic (exact) mass is 244 g/mol. The topological polar surface area (TPSA) is 0 Å². The van der Waals surface area contributed by atoms with E-state index < -0.39 is 0 Å². The smallest absolute Gasteiger partial charge is 0.00988 e. The first-order valence-corrected chi connectivity index (χ1v) is 4.37. The predicted octanol–water partition coefficient (Wildman–Crippen LogP) is 6.80. The molecule has 0 amide bonds. The third-order valence-electron chi connectivity index (χ3n) is 1.27. The van der Waals surface area contributed by atoms with Crippen molar-refractivity contribution in [2.45, 2.75) is 90.5 Å². The summed E-state index contributed by atoms with van der Waals surface area (Å²) in [5.41, 5.74) is 0. The van der Waals surface area contributed by atoms with E-state index in [2.05, 4.69) is 37.5 Å². The highest BCUT2D eigenvalue weighted by molar-refractivity contribution is 5.25. The molecule has 0 heterocycles. The summed E-state index contributed by atoms with van der Waals surface area (Å²) < 4.78 is 0. The highest BCUT2D eigenvalue weighted by atomic mass is 13.8. The molecule has 0 aromatic heterocycles. The Labute approximate surface area is 115 Å². The summed E-state index contributed by atoms with van der Waals surface area (Å²) in [6.07, 6.45) is 5.52. The molecule has 0 bridgehead atoms. The van der Waals surface area contributed by atoms with Gasteiger partial charge in [-0.2, -0.15) is 0 Å². The van der Waals surface area contributed by atoms with E-state index in [1.54, 1.807) is 0 Å². The van der Waals surface area contributed by atoms with Gasteiger partial charge in [0.1, 0.15) is 0 Å². The van der Waals surface area contributed by atoms with E-state index in [1.807, 2.05) is 0 Å². The zero-order valence-corrected chi connectivity index (χ0v) is 7.54. The average molecular weight is 245 g/mol. The van der Waals surface area contributed by atoms with Crippen LogP contribution in [0, 0.1) is 23.7 Å². The second-order valence-electron chi connectivity index (χ2n) is 2.46. The molecule has 0 spiro atoms. The lowest BCUT2D eigenvalue weighted by Gasteiger charge is -1.80. The third-order valence-corrected chi connectivity index (χ3v) is 1.27. The maximum absolute atomic E-state index is 3.02. The molecule has 0 rings (SSSR count). The van der Waals surface area contributed by atoms with Crippen LogP contribution in [0.1, 0.15) is 90.5 Å². The van der Waals surface area contributed by atoms with E-state index >= 15 is 0 Å². The molecule has 108 valence electrons. The Morgan fingerprint density at radius 3 is 1.35 bits per heavy atom. The summed E-state index contributed by atoms with van der Waals surface area (Å²) in [6.45, 7) is 4.30. The van der Waals surface area contributed by atoms with Crippen molar-refractivity contribution in [3.05, 3.63) is 0 Å². The lowest BCUT2D eigenvalue weighted by molar-refractivity contribution is 0.828. The van der Waals surface area contributed by atoms with Crippen molar-refractivity contribution < 1.29 is 0 Å². The molecule has 0 nitrogen and oxygen atoms in total. The molecular formula is C17H40. The summed E-state index contributed by atoms with van der Waals surface area (Å²) in [4.78, 5) is 0. The van der Waals surface area contributed by atoms with E-state index in [4.69, 9.17) is 0 Å². The molecule has 0 aliphatic rings. The molecule has 0 aromatic carbocycles. The molecule has 0 saturated carbocycles. The SMILES string of the molecule is C.C.C.C.C.C.CCCC#CC#CCCCC. The highest BCUT2D eigenvalue weighted by Crippen LogP contribution is 1.89. The molecule has 0 N–H and O–H groups in total. The van der Waals surface area contributed by atoms with Crippen molar-refractivity contribution in [3.8, 4) is 23.7 Å². The minimum atomic E-state index is 0. The second kappa shape index (κ2) is 45.7. The lowest BCUT2D eigenvalue weighted by Crippen LogP contribution is -1.66. The molecule has 0 fully saturated rings. The Balaban J connectivity index is -0.0000000333. The second-order valence-corrected chi connectivity index (χ2v) is 2.46. The molecule has 0 aromatic rings. The fourth-order valence-corrected chi connectivity index (χ4v) is 0.604. The van der Waals surface area contributed by atoms with Gasteiger partial charge in [0.05, 0.1) is 0 Å². The molecule has 0 radical (unpaired) electrons. The van der Waals surface area contributed by atoms with Crippen molar-refractivity contribution in [1.29, 1.82) is 0 Å². The molecule has 0 unspecified atom stereocenters. The minimum Gasteiger partial charge on any atom is -0.0891 e. The number of hydrogen-bond donors (Lipinski definition) is 0. The zero-order valence-electron chi connectivity index (χ0n) is 7.54. The average Bonchev–Trinajstić information content (AvgIpc) is 2.03. The Morgan fingerprint density at radius 2 is 1.00 bits per heavy atom. The van der Waals surface area contributed by atoms with Gasteiger partial charge < -0.3 is 0 Å². The maximum atomic E-state index is 3.02. The van der Waals surface area contributed by atoms with Gasteiger partial charge in [0.25, 0.3) is 0 Å². The van der Waals surface area contributed by atoms with Gasteiger partial charge >= 0.3 is 0 Å². The summed E-state index contributed by atoms with van der Waals surface area (Å²) in [6, 6.07) is 0. The van der Waals surface area contributed by atoms with Crippen molar-refractivity contribution in [1.82, 2.24) is 0 Å². The number of unbranched alkanes of at least 4 members (excludes halogenated alkanes) is 3. The van der Waals surface area contributed by atoms with Crippen LogP contribution >= 0.6 is 0 Å². The standard InChI is InChI=1S/C11H16.6CH4/c1-3-5-7-9-11-10-8-6-4-2;;;;;;/h3-7H2,1-2H3;6*1H4. The lowest BCUT2D eigenvalue weighted by atomic mass is 10.2. The van der Waals surface area contributed by atoms with Crippen LogP contribution in [0.15, 0.2) is 0 Å². The van der Waals surface area contributed by atoms with E-state index in [9.17, 15) is 0 Å². The fraction of sp³-hybridized carbons (Fsp3) is 0.765. The molecule has 0 heteroatoms. The highest BCUT2D eigenvalue weighted by Gasteiger charge is 1.74. The van der Waals surface area contributed by atoms with Crippen LogP contribution in [0.4, 0.5) is 0 Å². The Bertz CT molecular complexity index is 180. The van der Waals surface area contributed by atoms with Crippen molar-refractivity contribution >= 4 is 0 Å². The van der Waals surface area contributed by atoms with Crippen LogP contribution < -0.4 is 0 Å². The minimum absolute atomic E-state index is 0. The van der Waals surface area contributed by atoms with Gasteiger partial charge in [-0.15, -0.1) is 0 Å². The number of rotatable bonds is 3. The number of hydrogen-bond acceptors (Lipinski definition) is 0. The van der Waals surface area contributed by atoms with Crippen LogP contribution in [-0.4, -0.2) is 0 Å². The van der Waals surface area contributed by atoms with Crippen molar-refractivity contribution in [2.24, 2.45) is 0 Å². The van der Waals surface area contributed by atoms with Crippen molar-refractivity contribution in [3.63, 3.8) is 0 Å². The predicted molar refractivity (Wildman–Crippen MR) is 90.4 cm³/mol. The normalized spacial score (nSPS) is 4.82. The summed E-state index contributed by atoms with van der Waals surface area (Å²) in [5, 5.41) is 0. The van der Waals surface area contributed by atoms with Gasteiger partial charge in [0.15, 0.2) is 0 Å². The first-order chi connectivity index (χ1) is 5.41. The molecule has 0 aliphatic carbocycles. The fourth-order valence-electron chi connectivity index (χ4n) is 0.604. The van der Waals surface area contributed by atoms with Crippen LogP contribution in [0.2, 0.25) is 0 Å². The first-order valence-electron chi connectivity index (χ1n) is 4.37. The molecule has 0 aliphatic heterocycles. The Kier molecular flexibility index (Phi) is 119. The molecular weight excluding hydrogens is 204 g/mol. The van der Waals surface area contributed by atoms with E-state index in [0.717, 1.165) is 19.3 Å². The van der Waals surface area contributed by atoms with Gasteiger partial charge in [-0.25, -0.2) is 0 Å². The van der Waals surface area contributed by atoms with Gasteiger partial charge in [0, 0.05) is 12.8 Å². The van der Waals surface area contributed by atoms with E-state index in [0.29, 0.717) is 0 Å². The molecule has 17 heavy (non-hydrogen) atoms. The van der Waals surface area contributed by atoms with Gasteiger partial charge in [0.2, 0.25) is 0 Å². The molecule has 0 saturated heterocycles. The molecule has 0 atom stereocenters. The summed E-state index contributed by atoms with van der Waals surface area (Å²) in [5.74, 6) is 11.7. The van der Waals surface area contributed by atoms with Crippen LogP contribution in [0.25, 0.3) is 0 Å². The van der Waals surface area contributed by atoms with Gasteiger partial charge in [-0.3, -0.25) is 0 Å². The van der Waals surface area contributed by atoms with E-state index in [1.165, 1.54) is 12.8 Å². The van der Waals surface area contributed by atoms with Crippen LogP contribution in [0.3, 0.4) is 0 Å². The van der Waals surface area contributed by atoms with Crippen LogP contribution in [0.5, 0.6) is 0 Å². The van der Waals surface area contributed by atoms with Crippen molar-refractivity contribution in [2.75, 3.05) is 0 Å². The first kappa shape index (κ1) is 44.3. The zero-order chi connectivity index (χ0) is 8.36. The summed E-state index contributed by atoms with van der Waals surface area (Å²) in [7, 11) is 0. The van der Waals surface area contributed by atoms with Crippen LogP contribution in [-0.2, 0) is 0 Å². The van der Waals surface area contributed by atoms with Gasteiger partial charge in [-0.05, 0) is 24.7 Å². The largest absolute Gasteiger partial charge is 0.0891 e. The Hall–Kier alpha value is -0.880. The van der Waals surface area contributed by atoms with Gasteiger partial charge in [-0.1, -0.05) is 76.7 Å². The summed E-state index contributed by atoms with van der Waals surface area (Å²) >= 11 is 0. The maximum Gasteiger partial charge on any atom is 0.00988 e. The quantitative estimate of drug-likeness (QED) is 0.378. The third kappa shape index (κ3) is 51.3. The Morgan fingerprint density at radius 1 is 0.588 bits per heavy atom.